The first kappa shape index (κ1) is 12.8. The number of ether oxygens (including phenoxy) is 2. The number of hydrogen-bond acceptors (Lipinski definition) is 3. The van der Waals surface area contributed by atoms with Gasteiger partial charge >= 0.3 is 0 Å². The Morgan fingerprint density at radius 3 is 2.88 bits per heavy atom. The summed E-state index contributed by atoms with van der Waals surface area (Å²) < 4.78 is 10.8. The number of fused-ring (bicyclic) bond motifs is 3. The number of carbonyl (C=O) groups is 1. The Balaban J connectivity index is 2.31. The summed E-state index contributed by atoms with van der Waals surface area (Å²) in [5.41, 5.74) is 0.404. The van der Waals surface area contributed by atoms with Crippen molar-refractivity contribution >= 4 is 5.78 Å². The molecule has 0 N–H and O–H groups in total. The van der Waals surface area contributed by atoms with Gasteiger partial charge in [-0.25, -0.2) is 0 Å². The van der Waals surface area contributed by atoms with Gasteiger partial charge in [0, 0.05) is 18.9 Å². The first-order valence-electron chi connectivity index (χ1n) is 6.35. The van der Waals surface area contributed by atoms with Crippen LogP contribution in [0.25, 0.3) is 0 Å². The van der Waals surface area contributed by atoms with Crippen molar-refractivity contribution in [3.63, 3.8) is 0 Å². The number of hydrogen-bond donors (Lipinski definition) is 0. The fourth-order valence-corrected chi connectivity index (χ4v) is 3.54. The van der Waals surface area contributed by atoms with Crippen molar-refractivity contribution < 1.29 is 14.3 Å². The molecule has 3 aliphatic carbocycles. The largest absolute Gasteiger partial charge is 0.359 e. The third-order valence-corrected chi connectivity index (χ3v) is 4.55. The van der Waals surface area contributed by atoms with Crippen LogP contribution in [0, 0.1) is 17.8 Å². The smallest absolute Gasteiger partial charge is 0.168 e. The van der Waals surface area contributed by atoms with E-state index in [9.17, 15) is 4.79 Å². The summed E-state index contributed by atoms with van der Waals surface area (Å²) in [6.07, 6.45) is 2.94. The predicted molar refractivity (Wildman–Crippen MR) is 65.5 cm³/mol. The van der Waals surface area contributed by atoms with Crippen LogP contribution in [-0.4, -0.2) is 25.3 Å². The van der Waals surface area contributed by atoms with Crippen molar-refractivity contribution in [2.45, 2.75) is 38.7 Å². The highest BCUT2D eigenvalue weighted by molar-refractivity contribution is 5.92. The van der Waals surface area contributed by atoms with E-state index in [-0.39, 0.29) is 24.4 Å². The maximum absolute atomic E-state index is 12.5. The van der Waals surface area contributed by atoms with Crippen LogP contribution in [0.15, 0.2) is 12.2 Å². The van der Waals surface area contributed by atoms with Crippen molar-refractivity contribution in [3.8, 4) is 0 Å². The summed E-state index contributed by atoms with van der Waals surface area (Å²) in [7, 11) is 1.59. The van der Waals surface area contributed by atoms with E-state index in [1.165, 1.54) is 0 Å². The summed E-state index contributed by atoms with van der Waals surface area (Å²) in [5, 5.41) is 0. The molecule has 17 heavy (non-hydrogen) atoms. The Bertz CT molecular complexity index is 336. The maximum Gasteiger partial charge on any atom is 0.168 e. The summed E-state index contributed by atoms with van der Waals surface area (Å²) in [6.45, 7) is 8.26. The number of ketones is 1. The van der Waals surface area contributed by atoms with Crippen LogP contribution in [0.2, 0.25) is 0 Å². The van der Waals surface area contributed by atoms with E-state index in [1.807, 2.05) is 13.8 Å². The van der Waals surface area contributed by atoms with Gasteiger partial charge in [0.15, 0.2) is 5.78 Å². The van der Waals surface area contributed by atoms with Crippen molar-refractivity contribution in [3.05, 3.63) is 12.2 Å². The molecule has 0 aromatic heterocycles. The van der Waals surface area contributed by atoms with Gasteiger partial charge in [-0.15, -0.1) is 0 Å². The SMILES string of the molecule is C=C(C)[C@H]1C[C@H]2CC[C@]1(OCOC)C(=O)[C@@H]2C. The first-order valence-corrected chi connectivity index (χ1v) is 6.35. The minimum absolute atomic E-state index is 0.121. The normalized spacial score (nSPS) is 40.6. The van der Waals surface area contributed by atoms with Crippen LogP contribution in [0.3, 0.4) is 0 Å². The molecule has 0 amide bonds. The van der Waals surface area contributed by atoms with Crippen molar-refractivity contribution in [2.24, 2.45) is 17.8 Å². The Morgan fingerprint density at radius 2 is 2.29 bits per heavy atom. The highest BCUT2D eigenvalue weighted by Gasteiger charge is 2.58. The summed E-state index contributed by atoms with van der Waals surface area (Å²) in [4.78, 5) is 12.5. The molecule has 0 radical (unpaired) electrons. The molecule has 3 nitrogen and oxygen atoms in total. The molecule has 3 rings (SSSR count). The quantitative estimate of drug-likeness (QED) is 0.558. The minimum atomic E-state index is -0.657. The third-order valence-electron chi connectivity index (χ3n) is 4.55. The first-order chi connectivity index (χ1) is 8.03. The van der Waals surface area contributed by atoms with Gasteiger partial charge in [0.25, 0.3) is 0 Å². The molecule has 3 aliphatic rings. The number of carbonyl (C=O) groups excluding carboxylic acids is 1. The van der Waals surface area contributed by atoms with Crippen LogP contribution >= 0.6 is 0 Å². The zero-order valence-electron chi connectivity index (χ0n) is 11.0. The standard InChI is InChI=1S/C14H22O3/c1-9(2)12-7-11-5-6-14(12,17-8-16-4)13(15)10(11)3/h10-12H,1,5-8H2,2-4H3/t10-,11-,12-,14-/m1/s1. The topological polar surface area (TPSA) is 35.5 Å². The van der Waals surface area contributed by atoms with Gasteiger partial charge in [-0.2, -0.15) is 0 Å². The zero-order chi connectivity index (χ0) is 12.6. The average molecular weight is 238 g/mol. The molecule has 3 fully saturated rings. The Kier molecular flexibility index (Phi) is 3.41. The Morgan fingerprint density at radius 1 is 1.59 bits per heavy atom. The summed E-state index contributed by atoms with van der Waals surface area (Å²) >= 11 is 0. The lowest BCUT2D eigenvalue weighted by atomic mass is 9.55. The molecule has 3 heteroatoms. The second kappa shape index (κ2) is 4.54. The molecule has 0 heterocycles. The molecule has 0 aromatic rings. The van der Waals surface area contributed by atoms with Crippen molar-refractivity contribution in [1.82, 2.24) is 0 Å². The molecule has 0 spiro atoms. The van der Waals surface area contributed by atoms with Crippen LogP contribution in [-0.2, 0) is 14.3 Å². The van der Waals surface area contributed by atoms with E-state index >= 15 is 0 Å². The van der Waals surface area contributed by atoms with Crippen molar-refractivity contribution in [2.75, 3.05) is 13.9 Å². The lowest BCUT2D eigenvalue weighted by molar-refractivity contribution is -0.201. The van der Waals surface area contributed by atoms with Gasteiger partial charge in [-0.1, -0.05) is 19.1 Å². The second-order valence-corrected chi connectivity index (χ2v) is 5.53. The number of methoxy groups -OCH3 is 1. The van der Waals surface area contributed by atoms with E-state index in [1.54, 1.807) is 7.11 Å². The summed E-state index contributed by atoms with van der Waals surface area (Å²) in [5.74, 6) is 1.05. The molecule has 3 saturated carbocycles. The highest BCUT2D eigenvalue weighted by atomic mass is 16.7. The van der Waals surface area contributed by atoms with Crippen LogP contribution in [0.5, 0.6) is 0 Å². The molecular weight excluding hydrogens is 216 g/mol. The van der Waals surface area contributed by atoms with Gasteiger partial charge in [0.05, 0.1) is 0 Å². The second-order valence-electron chi connectivity index (χ2n) is 5.53. The van der Waals surface area contributed by atoms with E-state index < -0.39 is 5.60 Å². The van der Waals surface area contributed by atoms with Crippen LogP contribution in [0.1, 0.15) is 33.1 Å². The fourth-order valence-electron chi connectivity index (χ4n) is 3.54. The lowest BCUT2D eigenvalue weighted by Crippen LogP contribution is -2.60. The monoisotopic (exact) mass is 238 g/mol. The van der Waals surface area contributed by atoms with E-state index in [0.717, 1.165) is 24.8 Å². The molecular formula is C14H22O3. The van der Waals surface area contributed by atoms with Gasteiger partial charge in [0.1, 0.15) is 12.4 Å². The predicted octanol–water partition coefficient (Wildman–Crippen LogP) is 2.56. The molecule has 4 atom stereocenters. The maximum atomic E-state index is 12.5. The van der Waals surface area contributed by atoms with Crippen LogP contribution in [0.4, 0.5) is 0 Å². The van der Waals surface area contributed by atoms with Gasteiger partial charge in [-0.3, -0.25) is 4.79 Å². The molecule has 0 aromatic carbocycles. The minimum Gasteiger partial charge on any atom is -0.359 e. The Hall–Kier alpha value is -0.670. The highest BCUT2D eigenvalue weighted by Crippen LogP contribution is 2.52. The van der Waals surface area contributed by atoms with Gasteiger partial charge in [-0.05, 0) is 32.1 Å². The number of rotatable bonds is 4. The van der Waals surface area contributed by atoms with E-state index in [0.29, 0.717) is 5.92 Å². The summed E-state index contributed by atoms with van der Waals surface area (Å²) in [6, 6.07) is 0. The van der Waals surface area contributed by atoms with E-state index in [2.05, 4.69) is 6.58 Å². The molecule has 0 saturated heterocycles. The average Bonchev–Trinajstić information content (AvgIpc) is 2.32. The van der Waals surface area contributed by atoms with Gasteiger partial charge < -0.3 is 9.47 Å². The fraction of sp³-hybridized carbons (Fsp3) is 0.786. The molecule has 96 valence electrons. The van der Waals surface area contributed by atoms with Crippen molar-refractivity contribution in [1.29, 1.82) is 0 Å². The molecule has 0 aliphatic heterocycles. The Labute approximate surface area is 103 Å². The van der Waals surface area contributed by atoms with E-state index in [4.69, 9.17) is 9.47 Å². The molecule has 2 bridgehead atoms. The van der Waals surface area contributed by atoms with Crippen LogP contribution < -0.4 is 0 Å². The zero-order valence-corrected chi connectivity index (χ0v) is 11.0. The third kappa shape index (κ3) is 1.85. The number of Topliss-reactive ketones (excluding diaryl/α,β-unsaturated/α-hetero) is 1. The van der Waals surface area contributed by atoms with Gasteiger partial charge in [0.2, 0.25) is 0 Å². The lowest BCUT2D eigenvalue weighted by Gasteiger charge is -2.53. The molecule has 0 unspecified atom stereocenters.